The number of carboxylic acids is 2. The van der Waals surface area contributed by atoms with Gasteiger partial charge in [-0.2, -0.15) is 0 Å². The van der Waals surface area contributed by atoms with E-state index in [4.69, 9.17) is 21.8 Å². The van der Waals surface area contributed by atoms with Gasteiger partial charge in [0.05, 0.1) is 18.0 Å². The van der Waals surface area contributed by atoms with Crippen molar-refractivity contribution in [1.29, 1.82) is 0 Å². The number of carbonyl (C=O) groups is 3. The molecule has 0 aromatic carbocycles. The standard InChI is InChI=1S/C11H12ClNO5/c12-4-8-6(1-2-10(15)16)7(3-11(17)18)9(5-14)13-8/h5,13H,1-4H2,(H,15,16)(H,17,18). The SMILES string of the molecule is O=Cc1[nH]c(CCl)c(CCC(=O)O)c1CC(=O)O. The maximum Gasteiger partial charge on any atom is 0.307 e. The summed E-state index contributed by atoms with van der Waals surface area (Å²) in [6.45, 7) is 0. The molecule has 98 valence electrons. The summed E-state index contributed by atoms with van der Waals surface area (Å²) in [5.74, 6) is -2.02. The van der Waals surface area contributed by atoms with E-state index < -0.39 is 11.9 Å². The number of aromatic amines is 1. The van der Waals surface area contributed by atoms with E-state index in [9.17, 15) is 14.4 Å². The number of alkyl halides is 1. The predicted octanol–water partition coefficient (Wildman–Crippen LogP) is 1.21. The highest BCUT2D eigenvalue weighted by atomic mass is 35.5. The van der Waals surface area contributed by atoms with Crippen molar-refractivity contribution < 1.29 is 24.6 Å². The number of carbonyl (C=O) groups excluding carboxylic acids is 1. The normalized spacial score (nSPS) is 10.3. The number of nitrogens with one attached hydrogen (secondary N) is 1. The molecule has 0 aliphatic heterocycles. The van der Waals surface area contributed by atoms with Crippen molar-refractivity contribution in [2.75, 3.05) is 0 Å². The van der Waals surface area contributed by atoms with Gasteiger partial charge < -0.3 is 15.2 Å². The molecule has 1 rings (SSSR count). The fourth-order valence-corrected chi connectivity index (χ4v) is 1.99. The molecule has 1 heterocycles. The molecule has 1 aromatic rings. The maximum absolute atomic E-state index is 10.8. The number of aromatic nitrogens is 1. The largest absolute Gasteiger partial charge is 0.481 e. The van der Waals surface area contributed by atoms with Crippen molar-refractivity contribution in [3.05, 3.63) is 22.5 Å². The van der Waals surface area contributed by atoms with Crippen LogP contribution in [0.4, 0.5) is 0 Å². The summed E-state index contributed by atoms with van der Waals surface area (Å²) in [6, 6.07) is 0. The Morgan fingerprint density at radius 1 is 1.22 bits per heavy atom. The molecule has 18 heavy (non-hydrogen) atoms. The predicted molar refractivity (Wildman–Crippen MR) is 63.0 cm³/mol. The van der Waals surface area contributed by atoms with Crippen molar-refractivity contribution in [2.24, 2.45) is 0 Å². The molecule has 7 heteroatoms. The van der Waals surface area contributed by atoms with E-state index in [-0.39, 0.29) is 30.8 Å². The fourth-order valence-electron chi connectivity index (χ4n) is 1.76. The minimum Gasteiger partial charge on any atom is -0.481 e. The Bertz CT molecular complexity index is 480. The number of carboxylic acid groups (broad SMARTS) is 2. The Hall–Kier alpha value is -1.82. The zero-order valence-corrected chi connectivity index (χ0v) is 10.2. The summed E-state index contributed by atoms with van der Waals surface area (Å²) >= 11 is 5.68. The number of halogens is 1. The van der Waals surface area contributed by atoms with Crippen molar-refractivity contribution in [1.82, 2.24) is 4.98 Å². The Kier molecular flexibility index (Phi) is 4.91. The molecule has 0 radical (unpaired) electrons. The summed E-state index contributed by atoms with van der Waals surface area (Å²) in [4.78, 5) is 34.9. The summed E-state index contributed by atoms with van der Waals surface area (Å²) in [5.41, 5.74) is 1.47. The van der Waals surface area contributed by atoms with E-state index in [1.54, 1.807) is 0 Å². The van der Waals surface area contributed by atoms with Crippen LogP contribution in [0.25, 0.3) is 0 Å². The molecule has 0 saturated heterocycles. The molecular formula is C11H12ClNO5. The third-order valence-corrected chi connectivity index (χ3v) is 2.77. The Labute approximate surface area is 108 Å². The van der Waals surface area contributed by atoms with E-state index in [2.05, 4.69) is 4.98 Å². The summed E-state index contributed by atoms with van der Waals surface area (Å²) < 4.78 is 0. The van der Waals surface area contributed by atoms with Gasteiger partial charge in [0.1, 0.15) is 0 Å². The van der Waals surface area contributed by atoms with Gasteiger partial charge >= 0.3 is 11.9 Å². The second-order valence-electron chi connectivity index (χ2n) is 3.69. The van der Waals surface area contributed by atoms with E-state index in [0.717, 1.165) is 0 Å². The Morgan fingerprint density at radius 2 is 1.89 bits per heavy atom. The minimum atomic E-state index is -1.09. The lowest BCUT2D eigenvalue weighted by molar-refractivity contribution is -0.137. The number of rotatable bonds is 7. The van der Waals surface area contributed by atoms with Crippen molar-refractivity contribution in [2.45, 2.75) is 25.1 Å². The monoisotopic (exact) mass is 273 g/mol. The first kappa shape index (κ1) is 14.2. The number of aliphatic carboxylic acids is 2. The van der Waals surface area contributed by atoms with E-state index >= 15 is 0 Å². The van der Waals surface area contributed by atoms with Gasteiger partial charge in [0.15, 0.2) is 6.29 Å². The number of hydrogen-bond donors (Lipinski definition) is 3. The third-order valence-electron chi connectivity index (χ3n) is 2.51. The van der Waals surface area contributed by atoms with Crippen LogP contribution in [-0.2, 0) is 28.3 Å². The molecule has 0 fully saturated rings. The third kappa shape index (κ3) is 3.33. The molecule has 0 amide bonds. The van der Waals surface area contributed by atoms with Crippen LogP contribution in [0.5, 0.6) is 0 Å². The first-order valence-corrected chi connectivity index (χ1v) is 5.70. The van der Waals surface area contributed by atoms with Crippen LogP contribution in [0.15, 0.2) is 0 Å². The first-order chi connectivity index (χ1) is 8.49. The van der Waals surface area contributed by atoms with E-state index in [1.807, 2.05) is 0 Å². The van der Waals surface area contributed by atoms with Gasteiger partial charge in [-0.1, -0.05) is 0 Å². The molecule has 0 unspecified atom stereocenters. The fraction of sp³-hybridized carbons (Fsp3) is 0.364. The average molecular weight is 274 g/mol. The second kappa shape index (κ2) is 6.20. The topological polar surface area (TPSA) is 107 Å². The molecule has 0 bridgehead atoms. The number of hydrogen-bond acceptors (Lipinski definition) is 3. The number of H-pyrrole nitrogens is 1. The lowest BCUT2D eigenvalue weighted by Gasteiger charge is -2.03. The van der Waals surface area contributed by atoms with Crippen LogP contribution in [0, 0.1) is 0 Å². The lowest BCUT2D eigenvalue weighted by atomic mass is 10.0. The van der Waals surface area contributed by atoms with Gasteiger partial charge in [-0.3, -0.25) is 14.4 Å². The zero-order chi connectivity index (χ0) is 13.7. The van der Waals surface area contributed by atoms with Gasteiger partial charge in [-0.05, 0) is 17.5 Å². The van der Waals surface area contributed by atoms with Crippen LogP contribution in [-0.4, -0.2) is 33.4 Å². The summed E-state index contributed by atoms with van der Waals surface area (Å²) in [6.07, 6.45) is 0.173. The van der Waals surface area contributed by atoms with E-state index in [1.165, 1.54) is 0 Å². The molecule has 0 spiro atoms. The Balaban J connectivity index is 3.15. The smallest absolute Gasteiger partial charge is 0.307 e. The Morgan fingerprint density at radius 3 is 2.33 bits per heavy atom. The zero-order valence-electron chi connectivity index (χ0n) is 9.40. The van der Waals surface area contributed by atoms with Crippen molar-refractivity contribution in [3.8, 4) is 0 Å². The lowest BCUT2D eigenvalue weighted by Crippen LogP contribution is -2.06. The summed E-state index contributed by atoms with van der Waals surface area (Å²) in [7, 11) is 0. The highest BCUT2D eigenvalue weighted by Crippen LogP contribution is 2.22. The molecule has 1 aromatic heterocycles. The van der Waals surface area contributed by atoms with Crippen molar-refractivity contribution in [3.63, 3.8) is 0 Å². The van der Waals surface area contributed by atoms with Gasteiger partial charge in [-0.15, -0.1) is 11.6 Å². The average Bonchev–Trinajstić information content (AvgIpc) is 2.63. The molecule has 0 atom stereocenters. The van der Waals surface area contributed by atoms with Crippen molar-refractivity contribution >= 4 is 29.8 Å². The molecule has 0 aliphatic rings. The molecule has 0 saturated carbocycles. The van der Waals surface area contributed by atoms with Crippen LogP contribution in [0.2, 0.25) is 0 Å². The summed E-state index contributed by atoms with van der Waals surface area (Å²) in [5, 5.41) is 17.4. The van der Waals surface area contributed by atoms with Gasteiger partial charge in [0.2, 0.25) is 0 Å². The van der Waals surface area contributed by atoms with Crippen LogP contribution < -0.4 is 0 Å². The molecule has 3 N–H and O–H groups in total. The quantitative estimate of drug-likeness (QED) is 0.511. The van der Waals surface area contributed by atoms with E-state index in [0.29, 0.717) is 23.1 Å². The van der Waals surface area contributed by atoms with Gasteiger partial charge in [-0.25, -0.2) is 0 Å². The molecule has 6 nitrogen and oxygen atoms in total. The molecule has 0 aliphatic carbocycles. The first-order valence-electron chi connectivity index (χ1n) is 5.16. The highest BCUT2D eigenvalue weighted by molar-refractivity contribution is 6.17. The maximum atomic E-state index is 10.8. The van der Waals surface area contributed by atoms with Gasteiger partial charge in [0, 0.05) is 12.1 Å². The van der Waals surface area contributed by atoms with Crippen LogP contribution in [0.3, 0.4) is 0 Å². The minimum absolute atomic E-state index is 0.0649. The highest BCUT2D eigenvalue weighted by Gasteiger charge is 2.19. The van der Waals surface area contributed by atoms with Crippen LogP contribution >= 0.6 is 11.6 Å². The molecular weight excluding hydrogens is 262 g/mol. The van der Waals surface area contributed by atoms with Gasteiger partial charge in [0.25, 0.3) is 0 Å². The number of aldehydes is 1. The van der Waals surface area contributed by atoms with Crippen LogP contribution in [0.1, 0.15) is 33.7 Å². The second-order valence-corrected chi connectivity index (χ2v) is 3.96.